The van der Waals surface area contributed by atoms with Gasteiger partial charge >= 0.3 is 0 Å². The van der Waals surface area contributed by atoms with E-state index < -0.39 is 16.6 Å². The number of halogens is 3. The zero-order valence-corrected chi connectivity index (χ0v) is 72.6. The lowest BCUT2D eigenvalue weighted by molar-refractivity contribution is -0.168. The van der Waals surface area contributed by atoms with Gasteiger partial charge in [0.15, 0.2) is 29.0 Å². The molecule has 0 spiro atoms. The number of hydrogen-bond acceptors (Lipinski definition) is 17. The summed E-state index contributed by atoms with van der Waals surface area (Å²) in [6.45, 7) is 56.3. The van der Waals surface area contributed by atoms with Gasteiger partial charge in [0.2, 0.25) is 0 Å². The summed E-state index contributed by atoms with van der Waals surface area (Å²) in [5.74, 6) is 0. The van der Waals surface area contributed by atoms with Crippen molar-refractivity contribution in [3.05, 3.63) is 192 Å². The normalized spacial score (nSPS) is 18.2. The standard InChI is InChI=1S/2C18H32N2OSi.C16H25N3O.C12H16BrNO.C9H11BrO3S.C8H9BrO/c2*1-15(21-22(5,6)18(2,3)4)16-8-7-9-17(14-16)20-12-10-19-11-13-20;1-14(18-9-11-20-12-10-18)15-3-2-4-16(13-15)19-7-5-17-6-8-19;1-10(14-5-7-15-8-6-14)11-3-2-4-12(13)9-11;1-7(12-14-13-11-2)8-4-3-5-9(10)6-8;1-6(10)7-3-2-4-8(9)5-7/h2*7-9,14-15,19H,10-13H2,1-6H3;2-4,13-14,17H,5-12H2,1H3;2-4,9-10H,5-8H2,1H3;3-7H,1-2H3;2-6,10H,1H3/t2*15-;;;;/m10..../s1. The number of nitrogens with zero attached hydrogens (tertiary/aromatic N) is 5. The first-order valence-electron chi connectivity index (χ1n) is 37.1. The molecule has 0 bridgehead atoms. The number of piperazine rings is 3. The van der Waals surface area contributed by atoms with Gasteiger partial charge in [-0.2, -0.15) is 0 Å². The molecule has 22 heteroatoms. The molecule has 0 aromatic heterocycles. The third-order valence-electron chi connectivity index (χ3n) is 20.5. The highest BCUT2D eigenvalue weighted by molar-refractivity contribution is 9.11. The molecule has 5 aliphatic heterocycles. The van der Waals surface area contributed by atoms with Crippen LogP contribution >= 0.6 is 60.1 Å². The monoisotopic (exact) mass is 1660 g/mol. The molecule has 5 aliphatic rings. The van der Waals surface area contributed by atoms with Crippen LogP contribution in [0.15, 0.2) is 159 Å². The van der Waals surface area contributed by atoms with Crippen LogP contribution in [0, 0.1) is 0 Å². The van der Waals surface area contributed by atoms with Crippen LogP contribution in [0.25, 0.3) is 0 Å². The van der Waals surface area contributed by atoms with Crippen molar-refractivity contribution in [2.75, 3.05) is 153 Å². The van der Waals surface area contributed by atoms with Gasteiger partial charge in [0, 0.05) is 147 Å². The number of rotatable bonds is 19. The molecule has 572 valence electrons. The van der Waals surface area contributed by atoms with Crippen molar-refractivity contribution in [3.8, 4) is 0 Å². The van der Waals surface area contributed by atoms with Crippen LogP contribution in [0.5, 0.6) is 0 Å². The second-order valence-electron chi connectivity index (χ2n) is 30.1. The molecule has 0 aliphatic carbocycles. The number of morpholine rings is 2. The van der Waals surface area contributed by atoms with E-state index in [4.69, 9.17) is 27.6 Å². The summed E-state index contributed by atoms with van der Waals surface area (Å²) >= 11 is 11.0. The molecule has 11 rings (SSSR count). The first-order chi connectivity index (χ1) is 49.0. The number of anilines is 3. The van der Waals surface area contributed by atoms with E-state index in [1.807, 2.05) is 55.5 Å². The summed E-state index contributed by atoms with van der Waals surface area (Å²) in [7, 11) is -2.03. The summed E-state index contributed by atoms with van der Waals surface area (Å²) in [6.07, 6.45) is -0.113. The van der Waals surface area contributed by atoms with Gasteiger partial charge in [0.25, 0.3) is 0 Å². The lowest BCUT2D eigenvalue weighted by Crippen LogP contribution is -2.43. The maximum absolute atomic E-state index is 9.13. The molecule has 6 aromatic rings. The van der Waals surface area contributed by atoms with Gasteiger partial charge in [0.05, 0.1) is 58.0 Å². The minimum atomic E-state index is -1.73. The molecule has 0 saturated carbocycles. The average Bonchev–Trinajstić information content (AvgIpc) is 0.820. The number of aliphatic hydroxyl groups is 1. The zero-order chi connectivity index (χ0) is 75.2. The van der Waals surface area contributed by atoms with Crippen LogP contribution in [0.2, 0.25) is 36.3 Å². The molecule has 4 unspecified atom stereocenters. The summed E-state index contributed by atoms with van der Waals surface area (Å²) in [4.78, 5) is 16.8. The van der Waals surface area contributed by atoms with Crippen molar-refractivity contribution in [2.24, 2.45) is 0 Å². The van der Waals surface area contributed by atoms with Crippen molar-refractivity contribution in [3.63, 3.8) is 0 Å². The van der Waals surface area contributed by atoms with Gasteiger partial charge in [-0.15, -0.1) is 4.33 Å². The third kappa shape index (κ3) is 30.4. The Morgan fingerprint density at radius 3 is 1.03 bits per heavy atom. The van der Waals surface area contributed by atoms with E-state index in [0.717, 1.165) is 168 Å². The van der Waals surface area contributed by atoms with Crippen LogP contribution in [0.1, 0.15) is 153 Å². The lowest BCUT2D eigenvalue weighted by atomic mass is 10.1. The summed E-state index contributed by atoms with van der Waals surface area (Å²) < 4.78 is 36.9. The molecule has 0 amide bonds. The Morgan fingerprint density at radius 1 is 0.417 bits per heavy atom. The average molecular weight is 1670 g/mol. The molecule has 103 heavy (non-hydrogen) atoms. The van der Waals surface area contributed by atoms with Crippen LogP contribution in [-0.2, 0) is 31.7 Å². The van der Waals surface area contributed by atoms with Crippen LogP contribution in [-0.4, -0.2) is 170 Å². The van der Waals surface area contributed by atoms with E-state index in [-0.39, 0.29) is 34.5 Å². The Kier molecular flexibility index (Phi) is 38.4. The van der Waals surface area contributed by atoms with Gasteiger partial charge in [-0.05, 0) is 184 Å². The van der Waals surface area contributed by atoms with Crippen LogP contribution < -0.4 is 30.7 Å². The highest BCUT2D eigenvalue weighted by Gasteiger charge is 2.40. The molecular formula is C81H125Br3N8O8SSi2. The number of aliphatic hydroxyl groups excluding tert-OH is 1. The van der Waals surface area contributed by atoms with E-state index in [1.165, 1.54) is 46.4 Å². The molecule has 5 fully saturated rings. The minimum Gasteiger partial charge on any atom is -0.410 e. The summed E-state index contributed by atoms with van der Waals surface area (Å²) in [5, 5.41) is 19.8. The fourth-order valence-electron chi connectivity index (χ4n) is 11.9. The minimum absolute atomic E-state index is 0.0485. The number of hydrogen-bond donors (Lipinski definition) is 4. The van der Waals surface area contributed by atoms with Gasteiger partial charge in [0.1, 0.15) is 0 Å². The van der Waals surface area contributed by atoms with E-state index in [0.29, 0.717) is 12.1 Å². The van der Waals surface area contributed by atoms with Crippen molar-refractivity contribution in [2.45, 2.75) is 156 Å². The molecule has 6 atom stereocenters. The van der Waals surface area contributed by atoms with Gasteiger partial charge < -0.3 is 54.1 Å². The maximum Gasteiger partial charge on any atom is 0.195 e. The van der Waals surface area contributed by atoms with Gasteiger partial charge in [-0.3, -0.25) is 14.0 Å². The van der Waals surface area contributed by atoms with Crippen LogP contribution in [0.3, 0.4) is 0 Å². The largest absolute Gasteiger partial charge is 0.410 e. The SMILES string of the molecule is CC(O)c1cccc(Br)c1.CC(c1cccc(Br)c1)N1CCOCC1.CC(c1cccc(N2CCNCC2)c1)N1CCOCC1.COOSOC(C)c1cccc(Br)c1.C[C@@H](O[Si](C)(C)C(C)(C)C)c1cccc(N2CCNCC2)c1.C[C@H](O[Si](C)(C)C(C)(C)C)c1cccc(N2CCNCC2)c1. The smallest absolute Gasteiger partial charge is 0.195 e. The van der Waals surface area contributed by atoms with Crippen molar-refractivity contribution < 1.29 is 36.8 Å². The predicted molar refractivity (Wildman–Crippen MR) is 448 cm³/mol. The molecule has 0 radical (unpaired) electrons. The first-order valence-corrected chi connectivity index (χ1v) is 46.0. The van der Waals surface area contributed by atoms with E-state index in [1.54, 1.807) is 6.92 Å². The van der Waals surface area contributed by atoms with Gasteiger partial charge in [-0.25, -0.2) is 4.89 Å². The fourth-order valence-corrected chi connectivity index (χ4v) is 16.2. The Balaban J connectivity index is 0.000000197. The predicted octanol–water partition coefficient (Wildman–Crippen LogP) is 18.9. The van der Waals surface area contributed by atoms with Crippen molar-refractivity contribution in [1.82, 2.24) is 25.8 Å². The molecule has 4 N–H and O–H groups in total. The molecule has 5 saturated heterocycles. The van der Waals surface area contributed by atoms with E-state index in [9.17, 15) is 0 Å². The summed E-state index contributed by atoms with van der Waals surface area (Å²) in [5.41, 5.74) is 11.4. The number of benzene rings is 6. The number of nitrogens with one attached hydrogen (secondary N) is 3. The number of ether oxygens (including phenoxy) is 2. The topological polar surface area (TPSA) is 137 Å². The maximum atomic E-state index is 9.13. The van der Waals surface area contributed by atoms with Gasteiger partial charge in [-0.1, -0.05) is 162 Å². The Bertz CT molecular complexity index is 3270. The summed E-state index contributed by atoms with van der Waals surface area (Å²) in [6, 6.07) is 51.9. The highest BCUT2D eigenvalue weighted by atomic mass is 79.9. The Hall–Kier alpha value is -3.58. The second kappa shape index (κ2) is 44.8. The highest BCUT2D eigenvalue weighted by Crippen LogP contribution is 2.42. The molecule has 6 aromatic carbocycles. The molecule has 16 nitrogen and oxygen atoms in total. The second-order valence-corrected chi connectivity index (χ2v) is 42.8. The quantitative estimate of drug-likeness (QED) is 0.0201. The Morgan fingerprint density at radius 2 is 0.709 bits per heavy atom. The lowest BCUT2D eigenvalue weighted by Gasteiger charge is -2.38. The van der Waals surface area contributed by atoms with Crippen molar-refractivity contribution >= 4 is 93.8 Å². The third-order valence-corrected chi connectivity index (χ3v) is 31.6. The zero-order valence-electron chi connectivity index (χ0n) is 65.0. The molecule has 5 heterocycles. The van der Waals surface area contributed by atoms with E-state index in [2.05, 4.69) is 290 Å². The Labute approximate surface area is 652 Å². The van der Waals surface area contributed by atoms with Crippen molar-refractivity contribution in [1.29, 1.82) is 0 Å². The fraction of sp³-hybridized carbons (Fsp3) is 0.556. The molecular weight excluding hydrogens is 1540 g/mol. The first kappa shape index (κ1) is 88.3. The van der Waals surface area contributed by atoms with Crippen LogP contribution in [0.4, 0.5) is 17.1 Å². The van der Waals surface area contributed by atoms with E-state index >= 15 is 0 Å².